The maximum absolute atomic E-state index is 13.4. The van der Waals surface area contributed by atoms with Gasteiger partial charge in [-0.05, 0) is 6.07 Å². The van der Waals surface area contributed by atoms with Crippen LogP contribution in [0.2, 0.25) is 0 Å². The molecule has 1 atom stereocenters. The third kappa shape index (κ3) is 2.01. The molecule has 1 N–H and O–H groups in total. The Labute approximate surface area is 94.3 Å². The lowest BCUT2D eigenvalue weighted by Gasteiger charge is -2.11. The second-order valence-electron chi connectivity index (χ2n) is 3.47. The minimum absolute atomic E-state index is 0.176. The van der Waals surface area contributed by atoms with Gasteiger partial charge in [-0.3, -0.25) is 0 Å². The first kappa shape index (κ1) is 11.6. The summed E-state index contributed by atoms with van der Waals surface area (Å²) in [6.45, 7) is 0. The summed E-state index contributed by atoms with van der Waals surface area (Å²) in [5.41, 5.74) is -0.191. The van der Waals surface area contributed by atoms with Gasteiger partial charge in [-0.15, -0.1) is 5.10 Å². The van der Waals surface area contributed by atoms with Crippen molar-refractivity contribution in [3.05, 3.63) is 47.0 Å². The normalized spacial score (nSPS) is 12.8. The molecule has 1 aromatic heterocycles. The molecule has 0 aliphatic rings. The summed E-state index contributed by atoms with van der Waals surface area (Å²) >= 11 is 0. The molecule has 0 fully saturated rings. The second kappa shape index (κ2) is 4.17. The number of hydrogen-bond acceptors (Lipinski definition) is 3. The molecule has 0 bridgehead atoms. The molecule has 17 heavy (non-hydrogen) atoms. The van der Waals surface area contributed by atoms with Crippen LogP contribution in [0.1, 0.15) is 17.4 Å². The number of hydrogen-bond donors (Lipinski definition) is 1. The van der Waals surface area contributed by atoms with Crippen molar-refractivity contribution in [2.24, 2.45) is 7.05 Å². The Hall–Kier alpha value is -1.89. The zero-order valence-corrected chi connectivity index (χ0v) is 8.73. The molecule has 1 aromatic carbocycles. The van der Waals surface area contributed by atoms with Gasteiger partial charge in [0, 0.05) is 18.7 Å². The Morgan fingerprint density at radius 1 is 1.18 bits per heavy atom. The highest BCUT2D eigenvalue weighted by Gasteiger charge is 2.21. The van der Waals surface area contributed by atoms with Crippen LogP contribution in [0.15, 0.2) is 18.3 Å². The fraction of sp³-hybridized carbons (Fsp3) is 0.200. The van der Waals surface area contributed by atoms with Crippen molar-refractivity contribution in [3.63, 3.8) is 0 Å². The molecule has 7 heteroatoms. The van der Waals surface area contributed by atoms with Gasteiger partial charge < -0.3 is 5.11 Å². The Kier molecular flexibility index (Phi) is 2.84. The zero-order valence-electron chi connectivity index (χ0n) is 8.73. The van der Waals surface area contributed by atoms with E-state index in [2.05, 4.69) is 10.3 Å². The highest BCUT2D eigenvalue weighted by molar-refractivity contribution is 5.27. The fourth-order valence-corrected chi connectivity index (χ4v) is 1.45. The van der Waals surface area contributed by atoms with Crippen LogP contribution < -0.4 is 0 Å². The van der Waals surface area contributed by atoms with Crippen molar-refractivity contribution >= 4 is 0 Å². The molecule has 4 nitrogen and oxygen atoms in total. The van der Waals surface area contributed by atoms with Crippen molar-refractivity contribution in [2.45, 2.75) is 6.10 Å². The maximum atomic E-state index is 13.4. The van der Waals surface area contributed by atoms with Crippen LogP contribution in [0.25, 0.3) is 0 Å². The summed E-state index contributed by atoms with van der Waals surface area (Å²) in [5.74, 6) is -3.56. The average molecular weight is 243 g/mol. The number of aliphatic hydroxyl groups is 1. The number of aromatic nitrogens is 3. The van der Waals surface area contributed by atoms with Gasteiger partial charge in [0.25, 0.3) is 0 Å². The lowest BCUT2D eigenvalue weighted by molar-refractivity contribution is 0.203. The van der Waals surface area contributed by atoms with Gasteiger partial charge in [0.1, 0.15) is 11.9 Å². The smallest absolute Gasteiger partial charge is 0.161 e. The molecule has 0 aliphatic heterocycles. The standard InChI is InChI=1S/C10H8F3N3O/c1-16-9(4-14-15-16)10(17)5-2-7(12)8(13)3-6(5)11/h2-4,10,17H,1H3. The van der Waals surface area contributed by atoms with E-state index in [-0.39, 0.29) is 11.3 Å². The summed E-state index contributed by atoms with van der Waals surface area (Å²) in [7, 11) is 1.49. The van der Waals surface area contributed by atoms with Crippen molar-refractivity contribution in [1.29, 1.82) is 0 Å². The van der Waals surface area contributed by atoms with E-state index in [9.17, 15) is 18.3 Å². The lowest BCUT2D eigenvalue weighted by atomic mass is 10.1. The van der Waals surface area contributed by atoms with Crippen LogP contribution in [-0.4, -0.2) is 20.1 Å². The molecule has 0 aliphatic carbocycles. The Morgan fingerprint density at radius 2 is 1.82 bits per heavy atom. The summed E-state index contributed by atoms with van der Waals surface area (Å²) in [4.78, 5) is 0. The third-order valence-corrected chi connectivity index (χ3v) is 2.36. The van der Waals surface area contributed by atoms with Crippen LogP contribution in [0.4, 0.5) is 13.2 Å². The Balaban J connectivity index is 2.48. The summed E-state index contributed by atoms with van der Waals surface area (Å²) < 4.78 is 40.3. The molecule has 0 spiro atoms. The van der Waals surface area contributed by atoms with Crippen molar-refractivity contribution < 1.29 is 18.3 Å². The predicted octanol–water partition coefficient (Wildman–Crippen LogP) is 1.31. The SMILES string of the molecule is Cn1nncc1C(O)c1cc(F)c(F)cc1F. The molecule has 2 aromatic rings. The molecule has 0 amide bonds. The van der Waals surface area contributed by atoms with Gasteiger partial charge in [-0.1, -0.05) is 5.21 Å². The van der Waals surface area contributed by atoms with Gasteiger partial charge in [-0.25, -0.2) is 17.9 Å². The molecule has 1 unspecified atom stereocenters. The number of benzene rings is 1. The van der Waals surface area contributed by atoms with Crippen molar-refractivity contribution in [1.82, 2.24) is 15.0 Å². The van der Waals surface area contributed by atoms with Crippen LogP contribution in [0.3, 0.4) is 0 Å². The second-order valence-corrected chi connectivity index (χ2v) is 3.47. The van der Waals surface area contributed by atoms with Gasteiger partial charge in [0.15, 0.2) is 11.6 Å². The van der Waals surface area contributed by atoms with Crippen LogP contribution >= 0.6 is 0 Å². The zero-order chi connectivity index (χ0) is 12.6. The quantitative estimate of drug-likeness (QED) is 0.809. The van der Waals surface area contributed by atoms with Crippen LogP contribution in [-0.2, 0) is 7.05 Å². The molecular formula is C10H8F3N3O. The summed E-state index contributed by atoms with van der Waals surface area (Å²) in [6, 6.07) is 1.00. The Morgan fingerprint density at radius 3 is 2.41 bits per heavy atom. The minimum Gasteiger partial charge on any atom is -0.382 e. The lowest BCUT2D eigenvalue weighted by Crippen LogP contribution is -2.09. The summed E-state index contributed by atoms with van der Waals surface area (Å²) in [6.07, 6.45) is -0.240. The first-order valence-corrected chi connectivity index (χ1v) is 4.67. The van der Waals surface area contributed by atoms with E-state index in [1.54, 1.807) is 0 Å². The Bertz CT molecular complexity index is 556. The highest BCUT2D eigenvalue weighted by atomic mass is 19.2. The van der Waals surface area contributed by atoms with Crippen molar-refractivity contribution in [3.8, 4) is 0 Å². The fourth-order valence-electron chi connectivity index (χ4n) is 1.45. The number of aliphatic hydroxyl groups excluding tert-OH is 1. The predicted molar refractivity (Wildman–Crippen MR) is 51.4 cm³/mol. The van der Waals surface area contributed by atoms with E-state index in [4.69, 9.17) is 0 Å². The molecule has 0 radical (unpaired) electrons. The third-order valence-electron chi connectivity index (χ3n) is 2.36. The van der Waals surface area contributed by atoms with Gasteiger partial charge in [-0.2, -0.15) is 0 Å². The number of halogens is 3. The first-order valence-electron chi connectivity index (χ1n) is 4.67. The highest BCUT2D eigenvalue weighted by Crippen LogP contribution is 2.25. The first-order chi connectivity index (χ1) is 8.00. The molecule has 1 heterocycles. The number of nitrogens with zero attached hydrogens (tertiary/aromatic N) is 3. The van der Waals surface area contributed by atoms with Gasteiger partial charge in [0.2, 0.25) is 0 Å². The van der Waals surface area contributed by atoms with E-state index in [0.29, 0.717) is 12.1 Å². The number of aryl methyl sites for hydroxylation is 1. The van der Waals surface area contributed by atoms with Crippen LogP contribution in [0, 0.1) is 17.5 Å². The largest absolute Gasteiger partial charge is 0.382 e. The van der Waals surface area contributed by atoms with E-state index < -0.39 is 23.6 Å². The topological polar surface area (TPSA) is 50.9 Å². The molecular weight excluding hydrogens is 235 g/mol. The van der Waals surface area contributed by atoms with E-state index >= 15 is 0 Å². The van der Waals surface area contributed by atoms with E-state index in [1.165, 1.54) is 17.9 Å². The van der Waals surface area contributed by atoms with E-state index in [0.717, 1.165) is 0 Å². The number of rotatable bonds is 2. The minimum atomic E-state index is -1.45. The average Bonchev–Trinajstić information content (AvgIpc) is 2.69. The molecule has 0 saturated heterocycles. The van der Waals surface area contributed by atoms with Crippen molar-refractivity contribution in [2.75, 3.05) is 0 Å². The monoisotopic (exact) mass is 243 g/mol. The summed E-state index contributed by atoms with van der Waals surface area (Å²) in [5, 5.41) is 16.9. The molecule has 90 valence electrons. The van der Waals surface area contributed by atoms with Gasteiger partial charge in [0.05, 0.1) is 11.9 Å². The van der Waals surface area contributed by atoms with Gasteiger partial charge >= 0.3 is 0 Å². The molecule has 2 rings (SSSR count). The molecule has 0 saturated carbocycles. The van der Waals surface area contributed by atoms with Crippen LogP contribution in [0.5, 0.6) is 0 Å². The van der Waals surface area contributed by atoms with E-state index in [1.807, 2.05) is 0 Å². The maximum Gasteiger partial charge on any atom is 0.161 e.